The van der Waals surface area contributed by atoms with Gasteiger partial charge in [-0.2, -0.15) is 0 Å². The van der Waals surface area contributed by atoms with Crippen LogP contribution in [0.4, 0.5) is 0 Å². The molecule has 8 atom stereocenters. The maximum atomic E-state index is 14.6. The Kier molecular flexibility index (Phi) is 17.4. The normalized spacial score (nSPS) is 17.3. The Morgan fingerprint density at radius 3 is 2.02 bits per heavy atom. The van der Waals surface area contributed by atoms with E-state index in [0.29, 0.717) is 17.5 Å². The number of aromatic hydroxyl groups is 1. The van der Waals surface area contributed by atoms with Crippen molar-refractivity contribution >= 4 is 52.3 Å². The van der Waals surface area contributed by atoms with Crippen LogP contribution in [-0.2, 0) is 46.4 Å². The number of nitrogens with zero attached hydrogens (tertiary/aromatic N) is 1. The SMILES string of the molecule is CC(C)[C@H](N)C(=O)N[C@H](C(=O)N[C@@H](Cc1ccc(O)cc1)C(=O)N1CCC[C@H]1C(=O)N[C@@H](Cc1c[nH]c2ccccc12)C(=O)N[C@H](C(=O)N[C@H](CCN)C(N)=O)[C@@H](C)O)C(C)C. The number of rotatable bonds is 21. The third-order valence-electron chi connectivity index (χ3n) is 11.0. The summed E-state index contributed by atoms with van der Waals surface area (Å²) in [6.07, 6.45) is 0.769. The van der Waals surface area contributed by atoms with Gasteiger partial charge in [0.25, 0.3) is 0 Å². The first-order chi connectivity index (χ1) is 29.3. The molecule has 19 heteroatoms. The molecule has 2 aromatic carbocycles. The molecule has 0 spiro atoms. The molecule has 1 fully saturated rings. The van der Waals surface area contributed by atoms with Crippen LogP contribution in [0.1, 0.15) is 65.0 Å². The number of hydrogen-bond donors (Lipinski definition) is 11. The van der Waals surface area contributed by atoms with Gasteiger partial charge in [0, 0.05) is 36.5 Å². The Hall–Kier alpha value is -6.05. The number of aliphatic hydroxyl groups excluding tert-OH is 1. The van der Waals surface area contributed by atoms with Gasteiger partial charge in [0.2, 0.25) is 41.4 Å². The highest BCUT2D eigenvalue weighted by Gasteiger charge is 2.41. The van der Waals surface area contributed by atoms with Gasteiger partial charge in [0.1, 0.15) is 42.0 Å². The number of carbonyl (C=O) groups is 7. The van der Waals surface area contributed by atoms with Crippen LogP contribution in [0.3, 0.4) is 0 Å². The van der Waals surface area contributed by atoms with E-state index in [1.54, 1.807) is 46.0 Å². The van der Waals surface area contributed by atoms with Gasteiger partial charge in [-0.25, -0.2) is 0 Å². The van der Waals surface area contributed by atoms with Crippen LogP contribution in [0.2, 0.25) is 0 Å². The number of para-hydroxylation sites is 1. The Morgan fingerprint density at radius 2 is 1.40 bits per heavy atom. The van der Waals surface area contributed by atoms with Gasteiger partial charge < -0.3 is 63.9 Å². The van der Waals surface area contributed by atoms with Crippen molar-refractivity contribution in [2.24, 2.45) is 29.0 Å². The molecule has 19 nitrogen and oxygen atoms in total. The molecule has 1 aromatic heterocycles. The Morgan fingerprint density at radius 1 is 0.774 bits per heavy atom. The van der Waals surface area contributed by atoms with Crippen LogP contribution >= 0.6 is 0 Å². The molecule has 2 heterocycles. The molecule has 0 bridgehead atoms. The second-order valence-corrected chi connectivity index (χ2v) is 16.5. The van der Waals surface area contributed by atoms with E-state index >= 15 is 0 Å². The standard InChI is InChI=1S/C43H62N10O9/c1-22(2)34(45)40(59)51-35(23(3)4)41(60)50-32(19-25-12-14-27(55)15-13-25)43(62)53-18-8-11-33(53)39(58)49-31(20-26-21-47-29-10-7-6-9-28(26)29)38(57)52-36(24(5)54)42(61)48-30(16-17-44)37(46)56/h6-7,9-10,12-15,21-24,30-36,47,54-55H,8,11,16-20,44-45H2,1-5H3,(H2,46,56)(H,48,61)(H,49,58)(H,50,60)(H,51,59)(H,52,57)/t24-,30-,31+,32+,33+,34+,35+,36+/m1/s1. The summed E-state index contributed by atoms with van der Waals surface area (Å²) in [6.45, 7) is 8.46. The summed E-state index contributed by atoms with van der Waals surface area (Å²) in [7, 11) is 0. The molecular weight excluding hydrogens is 801 g/mol. The number of nitrogens with one attached hydrogen (secondary N) is 6. The lowest BCUT2D eigenvalue weighted by Gasteiger charge is -2.32. The molecule has 4 rings (SSSR count). The number of fused-ring (bicyclic) bond motifs is 1. The van der Waals surface area contributed by atoms with E-state index in [-0.39, 0.29) is 50.4 Å². The average Bonchev–Trinajstić information content (AvgIpc) is 3.89. The summed E-state index contributed by atoms with van der Waals surface area (Å²) in [5.74, 6) is -5.66. The Balaban J connectivity index is 1.62. The minimum atomic E-state index is -1.57. The summed E-state index contributed by atoms with van der Waals surface area (Å²) < 4.78 is 0. The van der Waals surface area contributed by atoms with Crippen molar-refractivity contribution in [1.29, 1.82) is 0 Å². The predicted octanol–water partition coefficient (Wildman–Crippen LogP) is -1.07. The largest absolute Gasteiger partial charge is 0.508 e. The number of hydrogen-bond acceptors (Lipinski definition) is 11. The number of phenols is 1. The fourth-order valence-electron chi connectivity index (χ4n) is 7.29. The minimum Gasteiger partial charge on any atom is -0.508 e. The zero-order chi connectivity index (χ0) is 45.8. The van der Waals surface area contributed by atoms with Gasteiger partial charge in [-0.15, -0.1) is 0 Å². The number of primary amides is 1. The monoisotopic (exact) mass is 862 g/mol. The van der Waals surface area contributed by atoms with Crippen molar-refractivity contribution in [3.63, 3.8) is 0 Å². The van der Waals surface area contributed by atoms with E-state index in [9.17, 15) is 43.8 Å². The fraction of sp³-hybridized carbons (Fsp3) is 0.512. The van der Waals surface area contributed by atoms with Gasteiger partial charge in [-0.3, -0.25) is 33.6 Å². The molecule has 62 heavy (non-hydrogen) atoms. The molecule has 7 amide bonds. The zero-order valence-corrected chi connectivity index (χ0v) is 35.9. The predicted molar refractivity (Wildman–Crippen MR) is 230 cm³/mol. The van der Waals surface area contributed by atoms with Gasteiger partial charge >= 0.3 is 0 Å². The highest BCUT2D eigenvalue weighted by Crippen LogP contribution is 2.23. The lowest BCUT2D eigenvalue weighted by Crippen LogP contribution is -2.61. The average molecular weight is 863 g/mol. The molecule has 1 aliphatic rings. The molecular formula is C43H62N10O9. The lowest BCUT2D eigenvalue weighted by molar-refractivity contribution is -0.142. The molecule has 1 saturated heterocycles. The molecule has 3 aromatic rings. The molecule has 1 aliphatic heterocycles. The number of aromatic nitrogens is 1. The maximum Gasteiger partial charge on any atom is 0.246 e. The van der Waals surface area contributed by atoms with Crippen molar-refractivity contribution in [2.45, 2.75) is 115 Å². The van der Waals surface area contributed by atoms with E-state index in [2.05, 4.69) is 31.6 Å². The Labute approximate surface area is 360 Å². The van der Waals surface area contributed by atoms with E-state index in [1.165, 1.54) is 24.0 Å². The second kappa shape index (κ2) is 22.2. The van der Waals surface area contributed by atoms with Crippen molar-refractivity contribution < 1.29 is 43.8 Å². The summed E-state index contributed by atoms with van der Waals surface area (Å²) in [4.78, 5) is 99.6. The zero-order valence-electron chi connectivity index (χ0n) is 35.9. The third-order valence-corrected chi connectivity index (χ3v) is 11.0. The number of benzene rings is 2. The van der Waals surface area contributed by atoms with Gasteiger partial charge in [0.05, 0.1) is 12.1 Å². The van der Waals surface area contributed by atoms with Crippen molar-refractivity contribution in [2.75, 3.05) is 13.1 Å². The smallest absolute Gasteiger partial charge is 0.246 e. The molecule has 14 N–H and O–H groups in total. The number of amides is 7. The van der Waals surface area contributed by atoms with Crippen LogP contribution in [0.5, 0.6) is 5.75 Å². The van der Waals surface area contributed by atoms with E-state index in [4.69, 9.17) is 17.2 Å². The summed E-state index contributed by atoms with van der Waals surface area (Å²) in [5, 5.41) is 34.5. The molecule has 0 saturated carbocycles. The number of likely N-dealkylation sites (tertiary alicyclic amines) is 1. The van der Waals surface area contributed by atoms with Crippen molar-refractivity contribution in [1.82, 2.24) is 36.5 Å². The summed E-state index contributed by atoms with van der Waals surface area (Å²) in [5.41, 5.74) is 19.1. The van der Waals surface area contributed by atoms with Crippen LogP contribution in [0.15, 0.2) is 54.7 Å². The van der Waals surface area contributed by atoms with E-state index in [0.717, 1.165) is 10.9 Å². The highest BCUT2D eigenvalue weighted by molar-refractivity contribution is 5.98. The summed E-state index contributed by atoms with van der Waals surface area (Å²) in [6, 6.07) is 5.05. The first kappa shape index (κ1) is 48.6. The number of nitrogens with two attached hydrogens (primary N) is 3. The van der Waals surface area contributed by atoms with Crippen LogP contribution < -0.4 is 43.8 Å². The lowest BCUT2D eigenvalue weighted by atomic mass is 9.98. The van der Waals surface area contributed by atoms with Crippen molar-refractivity contribution in [3.8, 4) is 5.75 Å². The van der Waals surface area contributed by atoms with Gasteiger partial charge in [-0.05, 0) is 73.9 Å². The van der Waals surface area contributed by atoms with Gasteiger partial charge in [-0.1, -0.05) is 58.0 Å². The highest BCUT2D eigenvalue weighted by atomic mass is 16.3. The number of aromatic amines is 1. The molecule has 338 valence electrons. The first-order valence-corrected chi connectivity index (χ1v) is 20.9. The number of aliphatic hydroxyl groups is 1. The topological polar surface area (TPSA) is 317 Å². The fourth-order valence-corrected chi connectivity index (χ4v) is 7.29. The molecule has 0 unspecified atom stereocenters. The number of phenolic OH excluding ortho intramolecular Hbond substituents is 1. The van der Waals surface area contributed by atoms with Gasteiger partial charge in [0.15, 0.2) is 0 Å². The van der Waals surface area contributed by atoms with Crippen LogP contribution in [0.25, 0.3) is 10.9 Å². The van der Waals surface area contributed by atoms with E-state index in [1.807, 2.05) is 24.3 Å². The van der Waals surface area contributed by atoms with Crippen LogP contribution in [0, 0.1) is 11.8 Å². The maximum absolute atomic E-state index is 14.6. The summed E-state index contributed by atoms with van der Waals surface area (Å²) >= 11 is 0. The number of carbonyl (C=O) groups excluding carboxylic acids is 7. The van der Waals surface area contributed by atoms with Crippen molar-refractivity contribution in [3.05, 3.63) is 65.9 Å². The Bertz CT molecular complexity index is 2050. The second-order valence-electron chi connectivity index (χ2n) is 16.5. The quantitative estimate of drug-likeness (QED) is 0.0613. The molecule has 0 aliphatic carbocycles. The molecule has 0 radical (unpaired) electrons. The first-order valence-electron chi connectivity index (χ1n) is 20.9. The minimum absolute atomic E-state index is 0.00547. The van der Waals surface area contributed by atoms with E-state index < -0.39 is 95.7 Å². The third kappa shape index (κ3) is 12.7. The number of H-pyrrole nitrogens is 1. The van der Waals surface area contributed by atoms with Crippen LogP contribution in [-0.4, -0.2) is 123 Å².